The molecule has 130 valence electrons. The van der Waals surface area contributed by atoms with Gasteiger partial charge in [0.15, 0.2) is 0 Å². The van der Waals surface area contributed by atoms with Gasteiger partial charge >= 0.3 is 0 Å². The predicted molar refractivity (Wildman–Crippen MR) is 100 cm³/mol. The second kappa shape index (κ2) is 6.86. The standard InChI is InChI=1S/C20H22N2O2S/c1-15-12-16(2)20(17(3)13-15)25(23,24)21-14-18-6-8-19(9-7-18)22-10-4-5-11-22/h4-13,21H,14H2,1-3H3. The van der Waals surface area contributed by atoms with Crippen molar-refractivity contribution in [2.45, 2.75) is 32.2 Å². The molecule has 1 heterocycles. The van der Waals surface area contributed by atoms with Crippen molar-refractivity contribution in [3.8, 4) is 5.69 Å². The lowest BCUT2D eigenvalue weighted by molar-refractivity contribution is 0.580. The van der Waals surface area contributed by atoms with Crippen LogP contribution < -0.4 is 4.72 Å². The molecule has 0 aliphatic rings. The lowest BCUT2D eigenvalue weighted by Crippen LogP contribution is -2.25. The fourth-order valence-corrected chi connectivity index (χ4v) is 4.60. The van der Waals surface area contributed by atoms with Crippen LogP contribution in [0.15, 0.2) is 65.8 Å². The third kappa shape index (κ3) is 3.83. The molecular formula is C20H22N2O2S. The number of hydrogen-bond acceptors (Lipinski definition) is 2. The summed E-state index contributed by atoms with van der Waals surface area (Å²) in [4.78, 5) is 0.377. The molecule has 0 fully saturated rings. The highest BCUT2D eigenvalue weighted by atomic mass is 32.2. The first kappa shape index (κ1) is 17.5. The summed E-state index contributed by atoms with van der Waals surface area (Å²) in [6, 6.07) is 15.6. The van der Waals surface area contributed by atoms with E-state index in [1.165, 1.54) is 0 Å². The molecule has 3 rings (SSSR count). The molecule has 0 atom stereocenters. The monoisotopic (exact) mass is 354 g/mol. The van der Waals surface area contributed by atoms with Crippen LogP contribution in [0.5, 0.6) is 0 Å². The third-order valence-corrected chi connectivity index (χ3v) is 5.88. The first-order valence-corrected chi connectivity index (χ1v) is 9.65. The van der Waals surface area contributed by atoms with E-state index in [4.69, 9.17) is 0 Å². The molecule has 25 heavy (non-hydrogen) atoms. The number of nitrogens with one attached hydrogen (secondary N) is 1. The first-order valence-electron chi connectivity index (χ1n) is 8.16. The Balaban J connectivity index is 1.77. The van der Waals surface area contributed by atoms with Crippen LogP contribution in [0.25, 0.3) is 5.69 Å². The van der Waals surface area contributed by atoms with Gasteiger partial charge in [-0.1, -0.05) is 29.8 Å². The third-order valence-electron chi connectivity index (χ3n) is 4.18. The zero-order valence-corrected chi connectivity index (χ0v) is 15.5. The van der Waals surface area contributed by atoms with Crippen LogP contribution in [0, 0.1) is 20.8 Å². The van der Waals surface area contributed by atoms with Crippen molar-refractivity contribution in [1.82, 2.24) is 9.29 Å². The summed E-state index contributed by atoms with van der Waals surface area (Å²) >= 11 is 0. The molecule has 1 N–H and O–H groups in total. The van der Waals surface area contributed by atoms with Crippen LogP contribution in [-0.4, -0.2) is 13.0 Å². The number of nitrogens with zero attached hydrogens (tertiary/aromatic N) is 1. The van der Waals surface area contributed by atoms with Crippen molar-refractivity contribution in [1.29, 1.82) is 0 Å². The maximum absolute atomic E-state index is 12.7. The summed E-state index contributed by atoms with van der Waals surface area (Å²) in [6.45, 7) is 5.90. The molecule has 4 nitrogen and oxygen atoms in total. The maximum atomic E-state index is 12.7. The van der Waals surface area contributed by atoms with Crippen LogP contribution in [0.4, 0.5) is 0 Å². The summed E-state index contributed by atoms with van der Waals surface area (Å²) in [5.74, 6) is 0. The fourth-order valence-electron chi connectivity index (χ4n) is 3.13. The average molecular weight is 354 g/mol. The Morgan fingerprint density at radius 2 is 1.48 bits per heavy atom. The maximum Gasteiger partial charge on any atom is 0.241 e. The minimum Gasteiger partial charge on any atom is -0.324 e. The molecule has 5 heteroatoms. The van der Waals surface area contributed by atoms with Crippen LogP contribution >= 0.6 is 0 Å². The Morgan fingerprint density at radius 3 is 2.04 bits per heavy atom. The number of aromatic nitrogens is 1. The molecule has 0 aliphatic carbocycles. The van der Waals surface area contributed by atoms with Crippen molar-refractivity contribution in [3.63, 3.8) is 0 Å². The molecule has 0 aliphatic heterocycles. The Labute approximate surface area is 149 Å². The highest BCUT2D eigenvalue weighted by molar-refractivity contribution is 7.89. The van der Waals surface area contributed by atoms with E-state index in [1.807, 2.05) is 86.3 Å². The van der Waals surface area contributed by atoms with Crippen LogP contribution in [0.3, 0.4) is 0 Å². The first-order chi connectivity index (χ1) is 11.9. The molecule has 0 spiro atoms. The van der Waals surface area contributed by atoms with Gasteiger partial charge in [-0.15, -0.1) is 0 Å². The van der Waals surface area contributed by atoms with Gasteiger partial charge in [-0.2, -0.15) is 0 Å². The summed E-state index contributed by atoms with van der Waals surface area (Å²) < 4.78 is 30.1. The zero-order valence-electron chi connectivity index (χ0n) is 14.7. The van der Waals surface area contributed by atoms with Crippen LogP contribution in [0.1, 0.15) is 22.3 Å². The summed E-state index contributed by atoms with van der Waals surface area (Å²) in [5.41, 5.74) is 4.57. The van der Waals surface area contributed by atoms with Gasteiger partial charge in [-0.3, -0.25) is 0 Å². The normalized spacial score (nSPS) is 11.6. The number of rotatable bonds is 5. The summed E-state index contributed by atoms with van der Waals surface area (Å²) in [5, 5.41) is 0. The predicted octanol–water partition coefficient (Wildman–Crippen LogP) is 3.88. The van der Waals surface area contributed by atoms with E-state index in [2.05, 4.69) is 4.72 Å². The molecule has 0 bridgehead atoms. The number of sulfonamides is 1. The van der Waals surface area contributed by atoms with E-state index in [1.54, 1.807) is 0 Å². The molecule has 0 saturated heterocycles. The Kier molecular flexibility index (Phi) is 4.79. The molecule has 0 radical (unpaired) electrons. The second-order valence-electron chi connectivity index (χ2n) is 6.31. The topological polar surface area (TPSA) is 51.1 Å². The quantitative estimate of drug-likeness (QED) is 0.756. The van der Waals surface area contributed by atoms with Gasteiger partial charge in [0.25, 0.3) is 0 Å². The number of hydrogen-bond donors (Lipinski definition) is 1. The van der Waals surface area contributed by atoms with Crippen molar-refractivity contribution in [2.24, 2.45) is 0 Å². The Hall–Kier alpha value is -2.37. The zero-order chi connectivity index (χ0) is 18.0. The van der Waals surface area contributed by atoms with Crippen molar-refractivity contribution in [3.05, 3.63) is 83.2 Å². The SMILES string of the molecule is Cc1cc(C)c(S(=O)(=O)NCc2ccc(-n3cccc3)cc2)c(C)c1. The molecule has 0 unspecified atom stereocenters. The number of aryl methyl sites for hydroxylation is 3. The molecule has 0 amide bonds. The van der Waals surface area contributed by atoms with Gasteiger partial charge in [0.1, 0.15) is 0 Å². The second-order valence-corrected chi connectivity index (χ2v) is 8.01. The highest BCUT2D eigenvalue weighted by Crippen LogP contribution is 2.22. The van der Waals surface area contributed by atoms with Crippen LogP contribution in [0.2, 0.25) is 0 Å². The van der Waals surface area contributed by atoms with Gasteiger partial charge in [0.2, 0.25) is 10.0 Å². The van der Waals surface area contributed by atoms with Crippen molar-refractivity contribution < 1.29 is 8.42 Å². The largest absolute Gasteiger partial charge is 0.324 e. The van der Waals surface area contributed by atoms with Crippen LogP contribution in [-0.2, 0) is 16.6 Å². The fraction of sp³-hybridized carbons (Fsp3) is 0.200. The summed E-state index contributed by atoms with van der Waals surface area (Å²) in [6.07, 6.45) is 3.95. The minimum atomic E-state index is -3.55. The van der Waals surface area contributed by atoms with E-state index in [9.17, 15) is 8.42 Å². The van der Waals surface area contributed by atoms with E-state index >= 15 is 0 Å². The van der Waals surface area contributed by atoms with E-state index in [0.717, 1.165) is 27.9 Å². The smallest absolute Gasteiger partial charge is 0.241 e. The molecule has 0 saturated carbocycles. The molecule has 2 aromatic carbocycles. The van der Waals surface area contributed by atoms with Crippen molar-refractivity contribution in [2.75, 3.05) is 0 Å². The molecule has 3 aromatic rings. The van der Waals surface area contributed by atoms with Gasteiger partial charge < -0.3 is 4.57 Å². The summed E-state index contributed by atoms with van der Waals surface area (Å²) in [7, 11) is -3.55. The Bertz CT molecular complexity index is 950. The lowest BCUT2D eigenvalue weighted by Gasteiger charge is -2.13. The Morgan fingerprint density at radius 1 is 0.920 bits per heavy atom. The highest BCUT2D eigenvalue weighted by Gasteiger charge is 2.19. The molecule has 1 aromatic heterocycles. The van der Waals surface area contributed by atoms with E-state index in [0.29, 0.717) is 4.90 Å². The average Bonchev–Trinajstić information content (AvgIpc) is 3.06. The van der Waals surface area contributed by atoms with Gasteiger partial charge in [-0.25, -0.2) is 13.1 Å². The van der Waals surface area contributed by atoms with Crippen molar-refractivity contribution >= 4 is 10.0 Å². The lowest BCUT2D eigenvalue weighted by atomic mass is 10.1. The van der Waals surface area contributed by atoms with E-state index < -0.39 is 10.0 Å². The van der Waals surface area contributed by atoms with Gasteiger partial charge in [-0.05, 0) is 61.7 Å². The van der Waals surface area contributed by atoms with Gasteiger partial charge in [0.05, 0.1) is 4.90 Å². The number of benzene rings is 2. The van der Waals surface area contributed by atoms with Gasteiger partial charge in [0, 0.05) is 24.6 Å². The minimum absolute atomic E-state index is 0.265. The molecular weight excluding hydrogens is 332 g/mol. The van der Waals surface area contributed by atoms with E-state index in [-0.39, 0.29) is 6.54 Å².